The Balaban J connectivity index is 2.47. The van der Waals surface area contributed by atoms with Gasteiger partial charge in [0.1, 0.15) is 0 Å². The van der Waals surface area contributed by atoms with Crippen molar-refractivity contribution in [3.8, 4) is 0 Å². The molecule has 1 aromatic heterocycles. The third kappa shape index (κ3) is 2.00. The number of hydrogen-bond donors (Lipinski definition) is 1. The van der Waals surface area contributed by atoms with Gasteiger partial charge in [0, 0.05) is 11.5 Å². The van der Waals surface area contributed by atoms with Gasteiger partial charge < -0.3 is 5.73 Å². The molecule has 5 heteroatoms. The zero-order chi connectivity index (χ0) is 11.7. The van der Waals surface area contributed by atoms with Crippen LogP contribution in [0.5, 0.6) is 0 Å². The van der Waals surface area contributed by atoms with Crippen molar-refractivity contribution >= 4 is 27.5 Å². The van der Waals surface area contributed by atoms with Gasteiger partial charge in [0.25, 0.3) is 0 Å². The van der Waals surface area contributed by atoms with E-state index in [1.807, 2.05) is 31.3 Å². The van der Waals surface area contributed by atoms with E-state index in [9.17, 15) is 0 Å². The zero-order valence-corrected chi connectivity index (χ0v) is 11.0. The van der Waals surface area contributed by atoms with Gasteiger partial charge in [0.2, 0.25) is 0 Å². The second-order valence-electron chi connectivity index (χ2n) is 3.50. The fraction of sp³-hybridized carbons (Fsp3) is 0.182. The molecule has 16 heavy (non-hydrogen) atoms. The Morgan fingerprint density at radius 1 is 1.44 bits per heavy atom. The molecule has 2 N–H and O–H groups in total. The minimum Gasteiger partial charge on any atom is -0.319 e. The maximum Gasteiger partial charge on any atom is 0.0837 e. The van der Waals surface area contributed by atoms with Crippen molar-refractivity contribution in [2.75, 3.05) is 0 Å². The summed E-state index contributed by atoms with van der Waals surface area (Å²) >= 11 is 9.54. The van der Waals surface area contributed by atoms with Crippen molar-refractivity contribution in [1.29, 1.82) is 0 Å². The Hall–Kier alpha value is -0.840. The summed E-state index contributed by atoms with van der Waals surface area (Å²) in [5, 5.41) is 4.67. The topological polar surface area (TPSA) is 43.8 Å². The summed E-state index contributed by atoms with van der Waals surface area (Å²) in [4.78, 5) is 0. The average molecular weight is 301 g/mol. The Morgan fingerprint density at radius 3 is 2.69 bits per heavy atom. The van der Waals surface area contributed by atoms with E-state index in [4.69, 9.17) is 17.3 Å². The molecular weight excluding hydrogens is 289 g/mol. The van der Waals surface area contributed by atoms with Gasteiger partial charge in [-0.3, -0.25) is 4.68 Å². The van der Waals surface area contributed by atoms with Crippen molar-refractivity contribution in [3.63, 3.8) is 0 Å². The lowest BCUT2D eigenvalue weighted by molar-refractivity contribution is 0.672. The molecule has 2 rings (SSSR count). The number of rotatable bonds is 2. The van der Waals surface area contributed by atoms with Crippen molar-refractivity contribution in [1.82, 2.24) is 9.78 Å². The van der Waals surface area contributed by atoms with E-state index >= 15 is 0 Å². The molecule has 0 saturated heterocycles. The van der Waals surface area contributed by atoms with Crippen LogP contribution in [0.15, 0.2) is 34.9 Å². The fourth-order valence-corrected chi connectivity index (χ4v) is 2.46. The van der Waals surface area contributed by atoms with Crippen LogP contribution >= 0.6 is 27.5 Å². The van der Waals surface area contributed by atoms with Crippen LogP contribution in [0.3, 0.4) is 0 Å². The minimum absolute atomic E-state index is 0.282. The van der Waals surface area contributed by atoms with E-state index in [0.29, 0.717) is 5.02 Å². The first-order chi connectivity index (χ1) is 7.61. The van der Waals surface area contributed by atoms with Crippen LogP contribution in [0.2, 0.25) is 5.02 Å². The number of aromatic nitrogens is 2. The van der Waals surface area contributed by atoms with Crippen LogP contribution in [0, 0.1) is 0 Å². The first-order valence-corrected chi connectivity index (χ1v) is 5.95. The highest BCUT2D eigenvalue weighted by Gasteiger charge is 2.18. The van der Waals surface area contributed by atoms with E-state index in [-0.39, 0.29) is 6.04 Å². The predicted octanol–water partition coefficient (Wildman–Crippen LogP) is 2.88. The molecule has 0 bridgehead atoms. The van der Waals surface area contributed by atoms with Crippen LogP contribution in [0.1, 0.15) is 17.3 Å². The lowest BCUT2D eigenvalue weighted by Gasteiger charge is -2.14. The number of hydrogen-bond acceptors (Lipinski definition) is 2. The number of aryl methyl sites for hydroxylation is 1. The molecule has 84 valence electrons. The Bertz CT molecular complexity index is 490. The Kier molecular flexibility index (Phi) is 3.33. The van der Waals surface area contributed by atoms with Crippen LogP contribution < -0.4 is 5.73 Å². The molecule has 1 heterocycles. The molecule has 0 aliphatic rings. The summed E-state index contributed by atoms with van der Waals surface area (Å²) in [6.07, 6.45) is 1.60. The van der Waals surface area contributed by atoms with Crippen LogP contribution in [0.25, 0.3) is 0 Å². The van der Waals surface area contributed by atoms with E-state index in [2.05, 4.69) is 21.0 Å². The van der Waals surface area contributed by atoms with Crippen molar-refractivity contribution in [2.24, 2.45) is 12.8 Å². The molecule has 0 aliphatic carbocycles. The number of benzene rings is 1. The van der Waals surface area contributed by atoms with Gasteiger partial charge in [-0.15, -0.1) is 0 Å². The molecule has 0 saturated carbocycles. The van der Waals surface area contributed by atoms with Crippen molar-refractivity contribution in [2.45, 2.75) is 6.04 Å². The van der Waals surface area contributed by atoms with Gasteiger partial charge in [-0.25, -0.2) is 0 Å². The molecule has 1 aromatic carbocycles. The van der Waals surface area contributed by atoms with Crippen molar-refractivity contribution in [3.05, 3.63) is 51.2 Å². The highest BCUT2D eigenvalue weighted by molar-refractivity contribution is 9.10. The molecule has 0 fully saturated rings. The largest absolute Gasteiger partial charge is 0.319 e. The number of nitrogens with zero attached hydrogens (tertiary/aromatic N) is 2. The molecule has 0 aliphatic heterocycles. The summed E-state index contributed by atoms with van der Waals surface area (Å²) in [5.41, 5.74) is 7.99. The first kappa shape index (κ1) is 11.6. The third-order valence-corrected chi connectivity index (χ3v) is 3.49. The highest BCUT2D eigenvalue weighted by atomic mass is 79.9. The molecular formula is C11H11BrClN3. The second kappa shape index (κ2) is 4.57. The normalized spacial score (nSPS) is 12.8. The molecule has 2 aromatic rings. The molecule has 0 amide bonds. The van der Waals surface area contributed by atoms with E-state index in [1.54, 1.807) is 10.9 Å². The van der Waals surface area contributed by atoms with Gasteiger partial charge >= 0.3 is 0 Å². The molecule has 0 radical (unpaired) electrons. The molecule has 3 nitrogen and oxygen atoms in total. The Labute approximate surface area is 107 Å². The lowest BCUT2D eigenvalue weighted by atomic mass is 10.0. The van der Waals surface area contributed by atoms with E-state index in [1.165, 1.54) is 0 Å². The number of halogens is 2. The van der Waals surface area contributed by atoms with Crippen LogP contribution in [-0.2, 0) is 7.05 Å². The van der Waals surface area contributed by atoms with Gasteiger partial charge in [0.05, 0.1) is 23.0 Å². The summed E-state index contributed by atoms with van der Waals surface area (Å²) < 4.78 is 2.67. The highest BCUT2D eigenvalue weighted by Crippen LogP contribution is 2.29. The van der Waals surface area contributed by atoms with Gasteiger partial charge in [-0.2, -0.15) is 5.10 Å². The quantitative estimate of drug-likeness (QED) is 0.927. The molecule has 0 spiro atoms. The third-order valence-electron chi connectivity index (χ3n) is 2.47. The predicted molar refractivity (Wildman–Crippen MR) is 68.4 cm³/mol. The molecule has 1 atom stereocenters. The van der Waals surface area contributed by atoms with E-state index < -0.39 is 0 Å². The monoisotopic (exact) mass is 299 g/mol. The maximum atomic E-state index is 6.19. The smallest absolute Gasteiger partial charge is 0.0837 e. The van der Waals surface area contributed by atoms with Crippen molar-refractivity contribution < 1.29 is 0 Å². The fourth-order valence-electron chi connectivity index (χ4n) is 1.64. The zero-order valence-electron chi connectivity index (χ0n) is 8.69. The standard InChI is InChI=1S/C11H11BrClN3/c1-16-11(9(13)6-15-16)10(14)7-4-2-3-5-8(7)12/h2-6,10H,14H2,1H3. The summed E-state index contributed by atoms with van der Waals surface area (Å²) in [6, 6.07) is 7.54. The van der Waals surface area contributed by atoms with Crippen LogP contribution in [-0.4, -0.2) is 9.78 Å². The Morgan fingerprint density at radius 2 is 2.12 bits per heavy atom. The summed E-state index contributed by atoms with van der Waals surface area (Å²) in [5.74, 6) is 0. The maximum absolute atomic E-state index is 6.19. The first-order valence-electron chi connectivity index (χ1n) is 4.78. The average Bonchev–Trinajstić information content (AvgIpc) is 2.58. The van der Waals surface area contributed by atoms with Crippen LogP contribution in [0.4, 0.5) is 0 Å². The van der Waals surface area contributed by atoms with Gasteiger partial charge in [0.15, 0.2) is 0 Å². The molecule has 1 unspecified atom stereocenters. The van der Waals surface area contributed by atoms with E-state index in [0.717, 1.165) is 15.7 Å². The lowest BCUT2D eigenvalue weighted by Crippen LogP contribution is -2.16. The summed E-state index contributed by atoms with van der Waals surface area (Å²) in [7, 11) is 1.83. The van der Waals surface area contributed by atoms with Gasteiger partial charge in [-0.1, -0.05) is 45.7 Å². The second-order valence-corrected chi connectivity index (χ2v) is 4.76. The minimum atomic E-state index is -0.282. The number of nitrogens with two attached hydrogens (primary N) is 1. The van der Waals surface area contributed by atoms with Gasteiger partial charge in [-0.05, 0) is 11.6 Å². The summed E-state index contributed by atoms with van der Waals surface area (Å²) in [6.45, 7) is 0. The SMILES string of the molecule is Cn1ncc(Cl)c1C(N)c1ccccc1Br.